The van der Waals surface area contributed by atoms with E-state index >= 15 is 0 Å². The Balaban J connectivity index is 1.34. The number of benzene rings is 1. The molecule has 1 aliphatic rings. The zero-order chi connectivity index (χ0) is 19.2. The SMILES string of the molecule is O=C(COc1ccccc1)N1CC[C@H](c2ccnc(Nc3ncccn3)n2)C1. The fourth-order valence-electron chi connectivity index (χ4n) is 3.11. The van der Waals surface area contributed by atoms with Gasteiger partial charge in [-0.25, -0.2) is 19.9 Å². The Kier molecular flexibility index (Phi) is 5.37. The van der Waals surface area contributed by atoms with Crippen LogP contribution in [0, 0.1) is 0 Å². The van der Waals surface area contributed by atoms with Crippen molar-refractivity contribution in [1.29, 1.82) is 0 Å². The van der Waals surface area contributed by atoms with Crippen molar-refractivity contribution in [3.05, 3.63) is 66.7 Å². The maximum absolute atomic E-state index is 12.4. The third kappa shape index (κ3) is 4.40. The van der Waals surface area contributed by atoms with Gasteiger partial charge in [0.2, 0.25) is 11.9 Å². The number of likely N-dealkylation sites (tertiary alicyclic amines) is 1. The van der Waals surface area contributed by atoms with Crippen molar-refractivity contribution in [3.8, 4) is 5.75 Å². The zero-order valence-electron chi connectivity index (χ0n) is 15.2. The van der Waals surface area contributed by atoms with Crippen LogP contribution in [0.3, 0.4) is 0 Å². The van der Waals surface area contributed by atoms with Crippen molar-refractivity contribution in [2.45, 2.75) is 12.3 Å². The van der Waals surface area contributed by atoms with Gasteiger partial charge in [-0.1, -0.05) is 18.2 Å². The van der Waals surface area contributed by atoms with Gasteiger partial charge in [0.05, 0.1) is 5.69 Å². The van der Waals surface area contributed by atoms with Gasteiger partial charge in [-0.05, 0) is 30.7 Å². The lowest BCUT2D eigenvalue weighted by atomic mass is 10.1. The maximum Gasteiger partial charge on any atom is 0.260 e. The summed E-state index contributed by atoms with van der Waals surface area (Å²) in [6.45, 7) is 1.35. The minimum Gasteiger partial charge on any atom is -0.484 e. The van der Waals surface area contributed by atoms with Crippen LogP contribution in [-0.2, 0) is 4.79 Å². The number of hydrogen-bond donors (Lipinski definition) is 1. The van der Waals surface area contributed by atoms with Crippen LogP contribution in [0.1, 0.15) is 18.0 Å². The van der Waals surface area contributed by atoms with Crippen LogP contribution in [0.5, 0.6) is 5.75 Å². The Morgan fingerprint density at radius 2 is 1.82 bits per heavy atom. The molecule has 0 aliphatic carbocycles. The van der Waals surface area contributed by atoms with Gasteiger partial charge >= 0.3 is 0 Å². The Bertz CT molecular complexity index is 922. The lowest BCUT2D eigenvalue weighted by molar-refractivity contribution is -0.132. The number of amides is 1. The number of nitrogens with one attached hydrogen (secondary N) is 1. The summed E-state index contributed by atoms with van der Waals surface area (Å²) in [5, 5.41) is 3.00. The van der Waals surface area contributed by atoms with Crippen LogP contribution in [-0.4, -0.2) is 50.4 Å². The standard InChI is InChI=1S/C20H20N6O2/c27-18(14-28-16-5-2-1-3-6-16)26-12-8-15(13-26)17-7-11-23-20(24-17)25-19-21-9-4-10-22-19/h1-7,9-11,15H,8,12-14H2,(H,21,22,23,24,25)/t15-/m0/s1. The lowest BCUT2D eigenvalue weighted by Gasteiger charge is -2.17. The van der Waals surface area contributed by atoms with E-state index in [1.54, 1.807) is 24.7 Å². The van der Waals surface area contributed by atoms with Crippen LogP contribution in [0.25, 0.3) is 0 Å². The number of ether oxygens (including phenoxy) is 1. The van der Waals surface area contributed by atoms with Gasteiger partial charge in [-0.2, -0.15) is 0 Å². The molecule has 8 nitrogen and oxygen atoms in total. The van der Waals surface area contributed by atoms with Crippen molar-refractivity contribution in [2.75, 3.05) is 25.0 Å². The first-order chi connectivity index (χ1) is 13.8. The minimum atomic E-state index is -0.0172. The van der Waals surface area contributed by atoms with Gasteiger partial charge < -0.3 is 9.64 Å². The van der Waals surface area contributed by atoms with E-state index in [1.165, 1.54) is 0 Å². The lowest BCUT2D eigenvalue weighted by Crippen LogP contribution is -2.32. The van der Waals surface area contributed by atoms with Gasteiger partial charge in [-0.15, -0.1) is 0 Å². The highest BCUT2D eigenvalue weighted by molar-refractivity contribution is 5.78. The molecule has 2 aromatic heterocycles. The highest BCUT2D eigenvalue weighted by Gasteiger charge is 2.28. The molecule has 0 spiro atoms. The molecule has 0 bridgehead atoms. The zero-order valence-corrected chi connectivity index (χ0v) is 15.2. The molecule has 8 heteroatoms. The number of aromatic nitrogens is 4. The summed E-state index contributed by atoms with van der Waals surface area (Å²) >= 11 is 0. The molecule has 1 amide bonds. The molecule has 1 aliphatic heterocycles. The topological polar surface area (TPSA) is 93.1 Å². The molecule has 0 saturated carbocycles. The van der Waals surface area contributed by atoms with E-state index in [1.807, 2.05) is 41.3 Å². The second-order valence-corrected chi connectivity index (χ2v) is 6.43. The molecule has 1 aromatic carbocycles. The smallest absolute Gasteiger partial charge is 0.260 e. The van der Waals surface area contributed by atoms with Gasteiger partial charge in [0, 0.05) is 37.6 Å². The normalized spacial score (nSPS) is 16.0. The molecule has 1 N–H and O–H groups in total. The summed E-state index contributed by atoms with van der Waals surface area (Å²) in [6.07, 6.45) is 5.86. The third-order valence-electron chi connectivity index (χ3n) is 4.53. The van der Waals surface area contributed by atoms with Crippen LogP contribution in [0.4, 0.5) is 11.9 Å². The van der Waals surface area contributed by atoms with E-state index in [0.717, 1.165) is 12.1 Å². The Morgan fingerprint density at radius 3 is 2.64 bits per heavy atom. The second-order valence-electron chi connectivity index (χ2n) is 6.43. The van der Waals surface area contributed by atoms with Gasteiger partial charge in [0.1, 0.15) is 5.75 Å². The van der Waals surface area contributed by atoms with Gasteiger partial charge in [0.25, 0.3) is 5.91 Å². The number of para-hydroxylation sites is 1. The van der Waals surface area contributed by atoms with Crippen LogP contribution >= 0.6 is 0 Å². The molecule has 4 rings (SSSR count). The molecule has 3 heterocycles. The molecule has 28 heavy (non-hydrogen) atoms. The van der Waals surface area contributed by atoms with Gasteiger partial charge in [0.15, 0.2) is 6.61 Å². The van der Waals surface area contributed by atoms with E-state index < -0.39 is 0 Å². The van der Waals surface area contributed by atoms with E-state index in [9.17, 15) is 4.79 Å². The van der Waals surface area contributed by atoms with Gasteiger partial charge in [-0.3, -0.25) is 10.1 Å². The minimum absolute atomic E-state index is 0.0172. The summed E-state index contributed by atoms with van der Waals surface area (Å²) < 4.78 is 5.57. The first kappa shape index (κ1) is 17.8. The molecule has 1 saturated heterocycles. The molecule has 142 valence electrons. The fourth-order valence-corrected chi connectivity index (χ4v) is 3.11. The Labute approximate surface area is 162 Å². The Morgan fingerprint density at radius 1 is 1.04 bits per heavy atom. The van der Waals surface area contributed by atoms with E-state index in [-0.39, 0.29) is 18.4 Å². The van der Waals surface area contributed by atoms with Crippen LogP contribution in [0.2, 0.25) is 0 Å². The molecular formula is C20H20N6O2. The number of hydrogen-bond acceptors (Lipinski definition) is 7. The predicted molar refractivity (Wildman–Crippen MR) is 103 cm³/mol. The quantitative estimate of drug-likeness (QED) is 0.706. The first-order valence-corrected chi connectivity index (χ1v) is 9.10. The largest absolute Gasteiger partial charge is 0.484 e. The summed E-state index contributed by atoms with van der Waals surface area (Å²) in [7, 11) is 0. The molecule has 1 atom stereocenters. The summed E-state index contributed by atoms with van der Waals surface area (Å²) in [5.74, 6) is 1.74. The fraction of sp³-hybridized carbons (Fsp3) is 0.250. The molecule has 1 fully saturated rings. The third-order valence-corrected chi connectivity index (χ3v) is 4.53. The highest BCUT2D eigenvalue weighted by Crippen LogP contribution is 2.26. The molecule has 0 radical (unpaired) electrons. The van der Waals surface area contributed by atoms with Crippen molar-refractivity contribution < 1.29 is 9.53 Å². The molecular weight excluding hydrogens is 356 g/mol. The first-order valence-electron chi connectivity index (χ1n) is 9.10. The van der Waals surface area contributed by atoms with E-state index in [0.29, 0.717) is 30.7 Å². The highest BCUT2D eigenvalue weighted by atomic mass is 16.5. The molecule has 3 aromatic rings. The van der Waals surface area contributed by atoms with Crippen LogP contribution < -0.4 is 10.1 Å². The average Bonchev–Trinajstić information content (AvgIpc) is 3.24. The van der Waals surface area contributed by atoms with E-state index in [4.69, 9.17) is 4.74 Å². The number of carbonyl (C=O) groups excluding carboxylic acids is 1. The van der Waals surface area contributed by atoms with Crippen molar-refractivity contribution in [3.63, 3.8) is 0 Å². The predicted octanol–water partition coefficient (Wildman–Crippen LogP) is 2.41. The average molecular weight is 376 g/mol. The summed E-state index contributed by atoms with van der Waals surface area (Å²) in [4.78, 5) is 31.3. The van der Waals surface area contributed by atoms with Crippen molar-refractivity contribution in [1.82, 2.24) is 24.8 Å². The molecule has 0 unspecified atom stereocenters. The second kappa shape index (κ2) is 8.43. The monoisotopic (exact) mass is 376 g/mol. The van der Waals surface area contributed by atoms with Crippen LogP contribution in [0.15, 0.2) is 61.1 Å². The number of rotatable bonds is 6. The summed E-state index contributed by atoms with van der Waals surface area (Å²) in [5.41, 5.74) is 0.896. The Hall–Kier alpha value is -3.55. The number of anilines is 2. The van der Waals surface area contributed by atoms with Crippen molar-refractivity contribution >= 4 is 17.8 Å². The maximum atomic E-state index is 12.4. The number of carbonyl (C=O) groups is 1. The summed E-state index contributed by atoms with van der Waals surface area (Å²) in [6, 6.07) is 13.0. The number of nitrogens with zero attached hydrogens (tertiary/aromatic N) is 5. The van der Waals surface area contributed by atoms with Crippen molar-refractivity contribution in [2.24, 2.45) is 0 Å². The van der Waals surface area contributed by atoms with E-state index in [2.05, 4.69) is 25.3 Å².